The van der Waals surface area contributed by atoms with Gasteiger partial charge in [-0.25, -0.2) is 14.2 Å². The van der Waals surface area contributed by atoms with E-state index in [9.17, 15) is 14.0 Å². The molecule has 0 atom stereocenters. The summed E-state index contributed by atoms with van der Waals surface area (Å²) >= 11 is 0. The zero-order valence-electron chi connectivity index (χ0n) is 12.8. The number of rotatable bonds is 5. The van der Waals surface area contributed by atoms with E-state index in [4.69, 9.17) is 0 Å². The summed E-state index contributed by atoms with van der Waals surface area (Å²) < 4.78 is 16.4. The van der Waals surface area contributed by atoms with Crippen LogP contribution in [0.4, 0.5) is 4.39 Å². The SMILES string of the molecule is CCCCn1c(=O)n(Cc2ccccc2F)c(=O)c2[nH]cnc21. The maximum Gasteiger partial charge on any atom is 0.333 e. The average Bonchev–Trinajstić information content (AvgIpc) is 3.03. The Bertz CT molecular complexity index is 955. The Kier molecular flexibility index (Phi) is 4.10. The van der Waals surface area contributed by atoms with Gasteiger partial charge in [0, 0.05) is 12.1 Å². The molecule has 0 aliphatic heterocycles. The monoisotopic (exact) mass is 316 g/mol. The summed E-state index contributed by atoms with van der Waals surface area (Å²) in [7, 11) is 0. The van der Waals surface area contributed by atoms with Crippen LogP contribution in [-0.2, 0) is 13.1 Å². The number of aromatic nitrogens is 4. The van der Waals surface area contributed by atoms with Gasteiger partial charge in [0.2, 0.25) is 0 Å². The summed E-state index contributed by atoms with van der Waals surface area (Å²) in [4.78, 5) is 32.0. The third-order valence-corrected chi connectivity index (χ3v) is 3.82. The van der Waals surface area contributed by atoms with Crippen LogP contribution in [0.1, 0.15) is 25.3 Å². The number of hydrogen-bond donors (Lipinski definition) is 1. The fraction of sp³-hybridized carbons (Fsp3) is 0.312. The van der Waals surface area contributed by atoms with Gasteiger partial charge in [0.1, 0.15) is 11.3 Å². The van der Waals surface area contributed by atoms with E-state index in [2.05, 4.69) is 9.97 Å². The molecule has 0 spiro atoms. The molecule has 7 heteroatoms. The zero-order chi connectivity index (χ0) is 16.4. The summed E-state index contributed by atoms with van der Waals surface area (Å²) in [6, 6.07) is 6.12. The molecule has 0 radical (unpaired) electrons. The molecule has 0 aliphatic rings. The Morgan fingerprint density at radius 1 is 1.22 bits per heavy atom. The molecule has 0 saturated heterocycles. The Balaban J connectivity index is 2.18. The fourth-order valence-electron chi connectivity index (χ4n) is 2.56. The van der Waals surface area contributed by atoms with Crippen molar-refractivity contribution >= 4 is 11.2 Å². The van der Waals surface area contributed by atoms with Crippen LogP contribution >= 0.6 is 0 Å². The largest absolute Gasteiger partial charge is 0.339 e. The molecule has 6 nitrogen and oxygen atoms in total. The van der Waals surface area contributed by atoms with E-state index in [-0.39, 0.29) is 12.1 Å². The lowest BCUT2D eigenvalue weighted by molar-refractivity contribution is 0.553. The van der Waals surface area contributed by atoms with Gasteiger partial charge < -0.3 is 4.98 Å². The highest BCUT2D eigenvalue weighted by Gasteiger charge is 2.16. The maximum absolute atomic E-state index is 13.9. The highest BCUT2D eigenvalue weighted by molar-refractivity contribution is 5.68. The van der Waals surface area contributed by atoms with Gasteiger partial charge in [-0.05, 0) is 12.5 Å². The number of benzene rings is 1. The molecule has 1 aromatic carbocycles. The Morgan fingerprint density at radius 3 is 2.74 bits per heavy atom. The number of nitrogens with one attached hydrogen (secondary N) is 1. The topological polar surface area (TPSA) is 72.7 Å². The predicted molar refractivity (Wildman–Crippen MR) is 85.0 cm³/mol. The lowest BCUT2D eigenvalue weighted by Crippen LogP contribution is -2.40. The number of unbranched alkanes of at least 4 members (excludes halogenated alkanes) is 1. The van der Waals surface area contributed by atoms with E-state index in [1.807, 2.05) is 6.92 Å². The molecule has 0 saturated carbocycles. The Hall–Kier alpha value is -2.70. The van der Waals surface area contributed by atoms with Crippen LogP contribution in [0, 0.1) is 5.82 Å². The highest BCUT2D eigenvalue weighted by Crippen LogP contribution is 2.08. The Labute approximate surface area is 131 Å². The average molecular weight is 316 g/mol. The van der Waals surface area contributed by atoms with Crippen LogP contribution in [0.3, 0.4) is 0 Å². The summed E-state index contributed by atoms with van der Waals surface area (Å²) in [6.07, 6.45) is 3.09. The third kappa shape index (κ3) is 2.69. The minimum Gasteiger partial charge on any atom is -0.339 e. The summed E-state index contributed by atoms with van der Waals surface area (Å²) in [5.74, 6) is -0.441. The first-order valence-corrected chi connectivity index (χ1v) is 7.53. The van der Waals surface area contributed by atoms with Crippen molar-refractivity contribution in [3.63, 3.8) is 0 Å². The first kappa shape index (κ1) is 15.2. The van der Waals surface area contributed by atoms with E-state index in [1.54, 1.807) is 18.2 Å². The van der Waals surface area contributed by atoms with Crippen molar-refractivity contribution in [2.75, 3.05) is 0 Å². The molecule has 0 fully saturated rings. The second-order valence-corrected chi connectivity index (χ2v) is 5.37. The highest BCUT2D eigenvalue weighted by atomic mass is 19.1. The quantitative estimate of drug-likeness (QED) is 0.781. The fourth-order valence-corrected chi connectivity index (χ4v) is 2.56. The molecule has 0 unspecified atom stereocenters. The molecule has 3 aromatic rings. The first-order chi connectivity index (χ1) is 11.1. The van der Waals surface area contributed by atoms with E-state index in [1.165, 1.54) is 17.0 Å². The molecule has 2 heterocycles. The van der Waals surface area contributed by atoms with Crippen molar-refractivity contribution in [1.82, 2.24) is 19.1 Å². The van der Waals surface area contributed by atoms with Crippen molar-refractivity contribution in [1.29, 1.82) is 0 Å². The molecule has 0 bridgehead atoms. The van der Waals surface area contributed by atoms with Gasteiger partial charge in [-0.15, -0.1) is 0 Å². The van der Waals surface area contributed by atoms with Gasteiger partial charge in [-0.3, -0.25) is 13.9 Å². The number of H-pyrrole nitrogens is 1. The predicted octanol–water partition coefficient (Wildman–Crippen LogP) is 1.87. The van der Waals surface area contributed by atoms with Gasteiger partial charge in [0.05, 0.1) is 12.9 Å². The minimum atomic E-state index is -0.487. The molecule has 1 N–H and O–H groups in total. The molecular formula is C16H17FN4O2. The van der Waals surface area contributed by atoms with Crippen LogP contribution in [-0.4, -0.2) is 19.1 Å². The van der Waals surface area contributed by atoms with Crippen molar-refractivity contribution in [2.24, 2.45) is 0 Å². The van der Waals surface area contributed by atoms with Crippen molar-refractivity contribution < 1.29 is 4.39 Å². The number of aromatic amines is 1. The minimum absolute atomic E-state index is 0.106. The van der Waals surface area contributed by atoms with Crippen LogP contribution in [0.2, 0.25) is 0 Å². The maximum atomic E-state index is 13.9. The lowest BCUT2D eigenvalue weighted by atomic mass is 10.2. The van der Waals surface area contributed by atoms with Crippen LogP contribution in [0.25, 0.3) is 11.2 Å². The lowest BCUT2D eigenvalue weighted by Gasteiger charge is -2.11. The standard InChI is InChI=1S/C16H17FN4O2/c1-2-3-8-20-14-13(18-10-19-14)15(22)21(16(20)23)9-11-6-4-5-7-12(11)17/h4-7,10H,2-3,8-9H2,1H3,(H,18,19). The summed E-state index contributed by atoms with van der Waals surface area (Å²) in [6.45, 7) is 2.38. The van der Waals surface area contributed by atoms with Crippen LogP contribution < -0.4 is 11.2 Å². The van der Waals surface area contributed by atoms with Gasteiger partial charge in [0.15, 0.2) is 5.65 Å². The number of imidazole rings is 1. The number of fused-ring (bicyclic) bond motifs is 1. The zero-order valence-corrected chi connectivity index (χ0v) is 12.8. The summed E-state index contributed by atoms with van der Waals surface area (Å²) in [5.41, 5.74) is -0.0484. The van der Waals surface area contributed by atoms with E-state index in [0.29, 0.717) is 17.8 Å². The van der Waals surface area contributed by atoms with Gasteiger partial charge in [-0.1, -0.05) is 31.5 Å². The molecule has 120 valence electrons. The molecule has 23 heavy (non-hydrogen) atoms. The number of hydrogen-bond acceptors (Lipinski definition) is 3. The smallest absolute Gasteiger partial charge is 0.333 e. The third-order valence-electron chi connectivity index (χ3n) is 3.82. The van der Waals surface area contributed by atoms with E-state index < -0.39 is 17.1 Å². The Morgan fingerprint density at radius 2 is 2.00 bits per heavy atom. The molecule has 3 rings (SSSR count). The van der Waals surface area contributed by atoms with Crippen molar-refractivity contribution in [3.8, 4) is 0 Å². The molecular weight excluding hydrogens is 299 g/mol. The van der Waals surface area contributed by atoms with E-state index >= 15 is 0 Å². The van der Waals surface area contributed by atoms with Gasteiger partial charge in [-0.2, -0.15) is 0 Å². The second kappa shape index (κ2) is 6.20. The first-order valence-electron chi connectivity index (χ1n) is 7.53. The number of aryl methyl sites for hydroxylation is 1. The number of nitrogens with zero attached hydrogens (tertiary/aromatic N) is 3. The number of halogens is 1. The normalized spacial score (nSPS) is 11.2. The summed E-state index contributed by atoms with van der Waals surface area (Å²) in [5, 5.41) is 0. The van der Waals surface area contributed by atoms with Crippen LogP contribution in [0.15, 0.2) is 40.2 Å². The van der Waals surface area contributed by atoms with Crippen LogP contribution in [0.5, 0.6) is 0 Å². The molecule has 0 amide bonds. The van der Waals surface area contributed by atoms with Gasteiger partial charge >= 0.3 is 5.69 Å². The second-order valence-electron chi connectivity index (χ2n) is 5.37. The molecule has 2 aromatic heterocycles. The van der Waals surface area contributed by atoms with Crippen molar-refractivity contribution in [3.05, 3.63) is 62.8 Å². The van der Waals surface area contributed by atoms with E-state index in [0.717, 1.165) is 17.4 Å². The van der Waals surface area contributed by atoms with Crippen molar-refractivity contribution in [2.45, 2.75) is 32.9 Å². The van der Waals surface area contributed by atoms with Gasteiger partial charge in [0.25, 0.3) is 5.56 Å². The molecule has 0 aliphatic carbocycles.